The maximum atomic E-state index is 13.3. The van der Waals surface area contributed by atoms with Crippen molar-refractivity contribution in [1.29, 1.82) is 0 Å². The van der Waals surface area contributed by atoms with Crippen LogP contribution < -0.4 is 5.11 Å². The lowest BCUT2D eigenvalue weighted by molar-refractivity contribution is -1.09. The molecule has 2 N–H and O–H groups in total. The largest absolute Gasteiger partial charge is 0.547 e. The molecule has 3 rings (SSSR count). The number of carbonyl (C=O) groups excluding carboxylic acids is 4. The molecule has 232 valence electrons. The smallest absolute Gasteiger partial charge is 0.369 e. The van der Waals surface area contributed by atoms with Crippen molar-refractivity contribution < 1.29 is 58.4 Å². The highest BCUT2D eigenvalue weighted by molar-refractivity contribution is 5.88. The predicted molar refractivity (Wildman–Crippen MR) is 146 cm³/mol. The molecule has 0 saturated carbocycles. The van der Waals surface area contributed by atoms with Gasteiger partial charge in [-0.05, 0) is 11.1 Å². The van der Waals surface area contributed by atoms with Crippen LogP contribution in [0.15, 0.2) is 60.7 Å². The maximum Gasteiger partial charge on any atom is 0.369 e. The van der Waals surface area contributed by atoms with Crippen LogP contribution in [0.2, 0.25) is 0 Å². The average Bonchev–Trinajstić information content (AvgIpc) is 2.97. The van der Waals surface area contributed by atoms with Crippen molar-refractivity contribution in [1.82, 2.24) is 5.06 Å². The van der Waals surface area contributed by atoms with Gasteiger partial charge >= 0.3 is 17.9 Å². The van der Waals surface area contributed by atoms with Gasteiger partial charge in [0.1, 0.15) is 31.8 Å². The van der Waals surface area contributed by atoms with Crippen molar-refractivity contribution in [2.75, 3.05) is 26.7 Å². The van der Waals surface area contributed by atoms with E-state index in [1.54, 1.807) is 24.3 Å². The minimum absolute atomic E-state index is 0.00641. The van der Waals surface area contributed by atoms with E-state index in [2.05, 4.69) is 0 Å². The molecule has 1 aliphatic heterocycles. The van der Waals surface area contributed by atoms with Crippen molar-refractivity contribution in [3.05, 3.63) is 71.8 Å². The maximum absolute atomic E-state index is 13.3. The number of esters is 1. The third-order valence-corrected chi connectivity index (χ3v) is 7.52. The monoisotopic (exact) mass is 600 g/mol. The first-order valence-corrected chi connectivity index (χ1v) is 13.7. The van der Waals surface area contributed by atoms with Crippen LogP contribution in [0.3, 0.4) is 0 Å². The molecule has 13 heteroatoms. The Hall–Kier alpha value is -4.33. The summed E-state index contributed by atoms with van der Waals surface area (Å²) in [6.07, 6.45) is -2.15. The molecule has 1 atom stereocenters. The molecule has 0 radical (unpaired) electrons. The molecule has 0 bridgehead atoms. The molecule has 2 aromatic rings. The number of methoxy groups -OCH3 is 1. The first-order chi connectivity index (χ1) is 20.3. The number of aliphatic hydroxyl groups is 1. The fourth-order valence-electron chi connectivity index (χ4n) is 5.21. The van der Waals surface area contributed by atoms with Crippen LogP contribution in [0, 0.1) is 0 Å². The van der Waals surface area contributed by atoms with Crippen LogP contribution >= 0.6 is 0 Å². The minimum atomic E-state index is -2.99. The lowest BCUT2D eigenvalue weighted by Gasteiger charge is -2.47. The number of hydrogen-bond donors (Lipinski definition) is 2. The van der Waals surface area contributed by atoms with Gasteiger partial charge in [-0.3, -0.25) is 19.3 Å². The summed E-state index contributed by atoms with van der Waals surface area (Å²) in [6.45, 7) is 1.41. The second-order valence-corrected chi connectivity index (χ2v) is 10.6. The highest BCUT2D eigenvalue weighted by Crippen LogP contribution is 2.36. The topological polar surface area (TPSA) is 180 Å². The van der Waals surface area contributed by atoms with E-state index in [-0.39, 0.29) is 39.1 Å². The molecule has 1 aliphatic rings. The lowest BCUT2D eigenvalue weighted by Crippen LogP contribution is -2.67. The summed E-state index contributed by atoms with van der Waals surface area (Å²) in [5.74, 6) is -6.21. The van der Waals surface area contributed by atoms with Gasteiger partial charge < -0.3 is 24.9 Å². The Morgan fingerprint density at radius 2 is 1.51 bits per heavy atom. The summed E-state index contributed by atoms with van der Waals surface area (Å²) in [4.78, 5) is 73.4. The van der Waals surface area contributed by atoms with Gasteiger partial charge in [-0.2, -0.15) is 0 Å². The number of aliphatic carboxylic acids is 2. The summed E-state index contributed by atoms with van der Waals surface area (Å²) >= 11 is 0. The zero-order valence-electron chi connectivity index (χ0n) is 24.1. The number of amides is 1. The number of hydroxylamine groups is 5. The molecule has 1 unspecified atom stereocenters. The van der Waals surface area contributed by atoms with Gasteiger partial charge in [-0.1, -0.05) is 60.7 Å². The first kappa shape index (κ1) is 33.2. The van der Waals surface area contributed by atoms with Gasteiger partial charge in [0.15, 0.2) is 5.54 Å². The summed E-state index contributed by atoms with van der Waals surface area (Å²) in [7, 11) is 1.19. The van der Waals surface area contributed by atoms with Crippen molar-refractivity contribution in [2.45, 2.75) is 56.8 Å². The van der Waals surface area contributed by atoms with Crippen LogP contribution in [0.4, 0.5) is 0 Å². The van der Waals surface area contributed by atoms with Gasteiger partial charge in [0.05, 0.1) is 25.9 Å². The zero-order chi connectivity index (χ0) is 31.7. The number of ether oxygens (including phenoxy) is 1. The van der Waals surface area contributed by atoms with Gasteiger partial charge in [0.2, 0.25) is 5.91 Å². The quantitative estimate of drug-likeness (QED) is 0.176. The normalized spacial score (nSPS) is 21.2. The molecule has 1 saturated heterocycles. The van der Waals surface area contributed by atoms with Crippen LogP contribution in [-0.2, 0) is 51.4 Å². The lowest BCUT2D eigenvalue weighted by atomic mass is 9.86. The van der Waals surface area contributed by atoms with Crippen molar-refractivity contribution in [3.63, 3.8) is 0 Å². The van der Waals surface area contributed by atoms with E-state index >= 15 is 0 Å². The number of nitrogens with zero attached hydrogens (tertiary/aromatic N) is 2. The van der Waals surface area contributed by atoms with Gasteiger partial charge in [0.25, 0.3) is 0 Å². The fraction of sp³-hybridized carbons (Fsp3) is 0.433. The van der Waals surface area contributed by atoms with Crippen molar-refractivity contribution >= 4 is 29.8 Å². The SMILES string of the molecule is COC(=O)C1(N(OCc2ccccc2)C(C)=O)CC[N+](CCc2ccccc2)(OC(=O)CC(O)(CC(=O)O)C(=O)[O-])CC1. The van der Waals surface area contributed by atoms with Crippen LogP contribution in [0.1, 0.15) is 43.7 Å². The molecule has 0 spiro atoms. The predicted octanol–water partition coefficient (Wildman–Crippen LogP) is 0.536. The number of carboxylic acid groups (broad SMARTS) is 2. The molecular formula is C30H36N2O11. The molecule has 43 heavy (non-hydrogen) atoms. The second kappa shape index (κ2) is 14.2. The Morgan fingerprint density at radius 1 is 0.953 bits per heavy atom. The Morgan fingerprint density at radius 3 is 2.00 bits per heavy atom. The molecular weight excluding hydrogens is 564 g/mol. The fourth-order valence-corrected chi connectivity index (χ4v) is 5.21. The van der Waals surface area contributed by atoms with Crippen molar-refractivity contribution in [2.24, 2.45) is 0 Å². The average molecular weight is 601 g/mol. The molecule has 2 aromatic carbocycles. The third-order valence-electron chi connectivity index (χ3n) is 7.52. The van der Waals surface area contributed by atoms with E-state index in [1.165, 1.54) is 14.0 Å². The van der Waals surface area contributed by atoms with Crippen LogP contribution in [0.5, 0.6) is 0 Å². The zero-order valence-corrected chi connectivity index (χ0v) is 24.1. The Labute approximate surface area is 248 Å². The van der Waals surface area contributed by atoms with Gasteiger partial charge in [-0.15, -0.1) is 4.65 Å². The van der Waals surface area contributed by atoms with E-state index in [1.807, 2.05) is 36.4 Å². The van der Waals surface area contributed by atoms with E-state index in [0.29, 0.717) is 6.42 Å². The molecule has 13 nitrogen and oxygen atoms in total. The van der Waals surface area contributed by atoms with Crippen molar-refractivity contribution in [3.8, 4) is 0 Å². The Bertz CT molecular complexity index is 1290. The molecule has 0 aliphatic carbocycles. The summed E-state index contributed by atoms with van der Waals surface area (Å²) < 4.78 is 4.70. The standard InChI is InChI=1S/C30H36N2O11/c1-22(33)31(42-21-24-11-7-4-8-12-24)29(28(39)41-2)14-17-32(18-15-29,16-13-23-9-5-3-6-10-23)43-26(36)20-30(40,27(37)38)19-25(34)35/h3-12,40H,13-21H2,1-2H3,(H-,34,35,37,38). The summed E-state index contributed by atoms with van der Waals surface area (Å²) in [5, 5.41) is 31.9. The molecule has 1 heterocycles. The van der Waals surface area contributed by atoms with Crippen LogP contribution in [0.25, 0.3) is 0 Å². The Kier molecular flexibility index (Phi) is 11.0. The third kappa shape index (κ3) is 8.37. The molecule has 1 amide bonds. The number of hydrogen-bond acceptors (Lipinski definition) is 10. The summed E-state index contributed by atoms with van der Waals surface area (Å²) in [5.41, 5.74) is -2.89. The molecule has 0 aromatic heterocycles. The van der Waals surface area contributed by atoms with E-state index in [4.69, 9.17) is 19.5 Å². The summed E-state index contributed by atoms with van der Waals surface area (Å²) in [6, 6.07) is 18.3. The van der Waals surface area contributed by atoms with Gasteiger partial charge in [0, 0.05) is 26.2 Å². The van der Waals surface area contributed by atoms with Crippen LogP contribution in [-0.4, -0.2) is 87.6 Å². The van der Waals surface area contributed by atoms with E-state index < -0.39 is 58.4 Å². The number of likely N-dealkylation sites (tertiary alicyclic amines) is 1. The van der Waals surface area contributed by atoms with E-state index in [9.17, 15) is 34.2 Å². The number of rotatable bonds is 14. The minimum Gasteiger partial charge on any atom is -0.547 e. The number of piperidine rings is 1. The van der Waals surface area contributed by atoms with E-state index in [0.717, 1.165) is 16.2 Å². The molecule has 1 fully saturated rings. The number of benzene rings is 2. The Balaban J connectivity index is 1.89. The highest BCUT2D eigenvalue weighted by Gasteiger charge is 2.56. The van der Waals surface area contributed by atoms with Gasteiger partial charge in [-0.25, -0.2) is 14.7 Å². The highest BCUT2D eigenvalue weighted by atomic mass is 16.7. The number of carbonyl (C=O) groups is 5. The second-order valence-electron chi connectivity index (χ2n) is 10.6. The number of carboxylic acids is 2. The number of quaternary nitrogens is 1. The first-order valence-electron chi connectivity index (χ1n) is 13.7.